The summed E-state index contributed by atoms with van der Waals surface area (Å²) < 4.78 is 3.91. The Morgan fingerprint density at radius 1 is 1.12 bits per heavy atom. The fraction of sp³-hybridized carbons (Fsp3) is 0.250. The normalized spacial score (nSPS) is 12.0. The van der Waals surface area contributed by atoms with Crippen LogP contribution in [0.4, 0.5) is 0 Å². The highest BCUT2D eigenvalue weighted by Gasteiger charge is 2.15. The van der Waals surface area contributed by atoms with E-state index in [0.29, 0.717) is 12.1 Å². The fourth-order valence-corrected chi connectivity index (χ4v) is 3.35. The first-order chi connectivity index (χ1) is 12.5. The molecule has 2 aromatic carbocycles. The Kier molecular flexibility index (Phi) is 5.44. The molecule has 0 radical (unpaired) electrons. The Morgan fingerprint density at radius 2 is 1.69 bits per heavy atom. The summed E-state index contributed by atoms with van der Waals surface area (Å²) in [5.41, 5.74) is 4.48. The van der Waals surface area contributed by atoms with Crippen molar-refractivity contribution < 1.29 is 9.90 Å². The molecule has 0 bridgehead atoms. The summed E-state index contributed by atoms with van der Waals surface area (Å²) >= 11 is 1.32. The highest BCUT2D eigenvalue weighted by molar-refractivity contribution is 7.05. The predicted molar refractivity (Wildman–Crippen MR) is 103 cm³/mol. The van der Waals surface area contributed by atoms with Gasteiger partial charge in [0.1, 0.15) is 0 Å². The molecule has 0 aliphatic heterocycles. The molecular weight excluding hydrogens is 346 g/mol. The van der Waals surface area contributed by atoms with Crippen LogP contribution in [0, 0.1) is 6.92 Å². The maximum Gasteiger partial charge on any atom is 0.253 e. The SMILES string of the molecule is Cc1nnsc1CN(C)C(=O)c1ccc(-c2ccc([C@H](C)O)cc2)cc1. The maximum absolute atomic E-state index is 12.6. The molecule has 1 heterocycles. The van der Waals surface area contributed by atoms with Crippen molar-refractivity contribution in [3.8, 4) is 11.1 Å². The molecule has 1 amide bonds. The summed E-state index contributed by atoms with van der Waals surface area (Å²) in [6.07, 6.45) is -0.475. The molecule has 1 N–H and O–H groups in total. The number of amides is 1. The van der Waals surface area contributed by atoms with Gasteiger partial charge in [0.25, 0.3) is 5.91 Å². The lowest BCUT2D eigenvalue weighted by atomic mass is 10.0. The Hall–Kier alpha value is -2.57. The second-order valence-electron chi connectivity index (χ2n) is 6.32. The first-order valence-electron chi connectivity index (χ1n) is 8.37. The van der Waals surface area contributed by atoms with Gasteiger partial charge in [0.15, 0.2) is 0 Å². The Labute approximate surface area is 157 Å². The second kappa shape index (κ2) is 7.76. The summed E-state index contributed by atoms with van der Waals surface area (Å²) in [5, 5.41) is 13.6. The number of carbonyl (C=O) groups excluding carboxylic acids is 1. The second-order valence-corrected chi connectivity index (χ2v) is 7.16. The molecule has 0 saturated carbocycles. The van der Waals surface area contributed by atoms with Gasteiger partial charge in [0.2, 0.25) is 0 Å². The van der Waals surface area contributed by atoms with Crippen molar-refractivity contribution >= 4 is 17.4 Å². The molecule has 5 nitrogen and oxygen atoms in total. The lowest BCUT2D eigenvalue weighted by Crippen LogP contribution is -2.26. The fourth-order valence-electron chi connectivity index (χ4n) is 2.66. The number of nitrogens with zero attached hydrogens (tertiary/aromatic N) is 3. The molecule has 6 heteroatoms. The number of hydrogen-bond acceptors (Lipinski definition) is 5. The number of benzene rings is 2. The monoisotopic (exact) mass is 367 g/mol. The zero-order valence-electron chi connectivity index (χ0n) is 15.0. The number of rotatable bonds is 5. The van der Waals surface area contributed by atoms with E-state index in [9.17, 15) is 9.90 Å². The van der Waals surface area contributed by atoms with Gasteiger partial charge in [-0.3, -0.25) is 4.79 Å². The van der Waals surface area contributed by atoms with Gasteiger partial charge in [0.05, 0.1) is 23.2 Å². The summed E-state index contributed by atoms with van der Waals surface area (Å²) in [4.78, 5) is 15.3. The lowest BCUT2D eigenvalue weighted by Gasteiger charge is -2.16. The molecule has 3 rings (SSSR count). The molecule has 1 aromatic heterocycles. The van der Waals surface area contributed by atoms with E-state index in [4.69, 9.17) is 0 Å². The summed E-state index contributed by atoms with van der Waals surface area (Å²) in [7, 11) is 1.78. The summed E-state index contributed by atoms with van der Waals surface area (Å²) in [6.45, 7) is 4.15. The van der Waals surface area contributed by atoms with Crippen molar-refractivity contribution in [1.82, 2.24) is 14.5 Å². The van der Waals surface area contributed by atoms with E-state index in [1.807, 2.05) is 55.5 Å². The number of carbonyl (C=O) groups is 1. The van der Waals surface area contributed by atoms with Crippen molar-refractivity contribution in [2.24, 2.45) is 0 Å². The third-order valence-corrected chi connectivity index (χ3v) is 5.14. The molecule has 134 valence electrons. The third-order valence-electron chi connectivity index (χ3n) is 4.33. The molecule has 0 aliphatic carbocycles. The first kappa shape index (κ1) is 18.2. The molecule has 3 aromatic rings. The highest BCUT2D eigenvalue weighted by atomic mass is 32.1. The van der Waals surface area contributed by atoms with Crippen molar-refractivity contribution in [2.45, 2.75) is 26.5 Å². The number of aryl methyl sites for hydroxylation is 1. The van der Waals surface area contributed by atoms with Gasteiger partial charge >= 0.3 is 0 Å². The van der Waals surface area contributed by atoms with Crippen LogP contribution in [-0.4, -0.2) is 32.5 Å². The van der Waals surface area contributed by atoms with E-state index in [1.165, 1.54) is 11.5 Å². The van der Waals surface area contributed by atoms with Gasteiger partial charge in [-0.05, 0) is 54.2 Å². The van der Waals surface area contributed by atoms with Gasteiger partial charge in [-0.1, -0.05) is 40.9 Å². The molecule has 1 atom stereocenters. The van der Waals surface area contributed by atoms with Crippen LogP contribution in [0.25, 0.3) is 11.1 Å². The van der Waals surface area contributed by atoms with Gasteiger partial charge < -0.3 is 10.0 Å². The molecular formula is C20H21N3O2S. The summed E-state index contributed by atoms with van der Waals surface area (Å²) in [6, 6.07) is 15.4. The Morgan fingerprint density at radius 3 is 2.19 bits per heavy atom. The van der Waals surface area contributed by atoms with Gasteiger partial charge in [-0.15, -0.1) is 5.10 Å². The lowest BCUT2D eigenvalue weighted by molar-refractivity contribution is 0.0786. The Balaban J connectivity index is 1.72. The van der Waals surface area contributed by atoms with E-state index in [2.05, 4.69) is 9.59 Å². The van der Waals surface area contributed by atoms with Crippen LogP contribution in [0.15, 0.2) is 48.5 Å². The van der Waals surface area contributed by atoms with Crippen LogP contribution in [0.3, 0.4) is 0 Å². The van der Waals surface area contributed by atoms with Crippen LogP contribution >= 0.6 is 11.5 Å². The van der Waals surface area contributed by atoms with E-state index in [0.717, 1.165) is 27.3 Å². The van der Waals surface area contributed by atoms with E-state index in [1.54, 1.807) is 18.9 Å². The maximum atomic E-state index is 12.6. The standard InChI is InChI=1S/C20H21N3O2S/c1-13-19(26-22-21-13)12-23(3)20(25)18-10-8-17(9-11-18)16-6-4-15(5-7-16)14(2)24/h4-11,14,24H,12H2,1-3H3/t14-/m0/s1. The zero-order valence-corrected chi connectivity index (χ0v) is 15.8. The largest absolute Gasteiger partial charge is 0.389 e. The van der Waals surface area contributed by atoms with Crippen LogP contribution in [0.5, 0.6) is 0 Å². The molecule has 0 unspecified atom stereocenters. The minimum absolute atomic E-state index is 0.0335. The van der Waals surface area contributed by atoms with Crippen LogP contribution in [0.1, 0.15) is 39.5 Å². The average molecular weight is 367 g/mol. The predicted octanol–water partition coefficient (Wildman–Crippen LogP) is 3.84. The molecule has 0 spiro atoms. The number of aromatic nitrogens is 2. The van der Waals surface area contributed by atoms with E-state index >= 15 is 0 Å². The van der Waals surface area contributed by atoms with Crippen molar-refractivity contribution in [3.63, 3.8) is 0 Å². The topological polar surface area (TPSA) is 66.3 Å². The third kappa shape index (κ3) is 3.98. The summed E-state index contributed by atoms with van der Waals surface area (Å²) in [5.74, 6) is -0.0335. The number of aliphatic hydroxyl groups is 1. The van der Waals surface area contributed by atoms with E-state index in [-0.39, 0.29) is 5.91 Å². The number of aliphatic hydroxyl groups excluding tert-OH is 1. The molecule has 0 aliphatic rings. The van der Waals surface area contributed by atoms with Gasteiger partial charge in [-0.25, -0.2) is 0 Å². The zero-order chi connectivity index (χ0) is 18.7. The first-order valence-corrected chi connectivity index (χ1v) is 9.15. The van der Waals surface area contributed by atoms with Crippen LogP contribution in [0.2, 0.25) is 0 Å². The minimum Gasteiger partial charge on any atom is -0.389 e. The molecule has 0 fully saturated rings. The van der Waals surface area contributed by atoms with Gasteiger partial charge in [0, 0.05) is 12.6 Å². The average Bonchev–Trinajstić information content (AvgIpc) is 3.06. The van der Waals surface area contributed by atoms with E-state index < -0.39 is 6.10 Å². The van der Waals surface area contributed by atoms with Gasteiger partial charge in [-0.2, -0.15) is 0 Å². The number of hydrogen-bond donors (Lipinski definition) is 1. The van der Waals surface area contributed by atoms with Crippen molar-refractivity contribution in [2.75, 3.05) is 7.05 Å². The highest BCUT2D eigenvalue weighted by Crippen LogP contribution is 2.23. The smallest absolute Gasteiger partial charge is 0.253 e. The van der Waals surface area contributed by atoms with Crippen LogP contribution < -0.4 is 0 Å². The van der Waals surface area contributed by atoms with Crippen molar-refractivity contribution in [1.29, 1.82) is 0 Å². The molecule has 0 saturated heterocycles. The van der Waals surface area contributed by atoms with Crippen molar-refractivity contribution in [3.05, 3.63) is 70.2 Å². The molecule has 26 heavy (non-hydrogen) atoms. The quantitative estimate of drug-likeness (QED) is 0.744. The minimum atomic E-state index is -0.475. The van der Waals surface area contributed by atoms with Crippen LogP contribution in [-0.2, 0) is 6.54 Å². The Bertz CT molecular complexity index is 886.